The number of hydrogen-bond donors (Lipinski definition) is 0. The van der Waals surface area contributed by atoms with Crippen LogP contribution in [0.25, 0.3) is 0 Å². The number of hydrogen-bond acceptors (Lipinski definition) is 1. The van der Waals surface area contributed by atoms with Crippen LogP contribution in [-0.2, 0) is 0 Å². The summed E-state index contributed by atoms with van der Waals surface area (Å²) < 4.78 is 0. The van der Waals surface area contributed by atoms with Crippen LogP contribution in [0.1, 0.15) is 26.7 Å². The Morgan fingerprint density at radius 2 is 2.30 bits per heavy atom. The van der Waals surface area contributed by atoms with Gasteiger partial charge in [0.1, 0.15) is 0 Å². The predicted molar refractivity (Wildman–Crippen MR) is 51.6 cm³/mol. The van der Waals surface area contributed by atoms with E-state index in [2.05, 4.69) is 20.4 Å². The lowest BCUT2D eigenvalue weighted by atomic mass is 10.1. The van der Waals surface area contributed by atoms with Crippen molar-refractivity contribution in [2.24, 2.45) is 5.92 Å². The molecule has 0 aliphatic heterocycles. The van der Waals surface area contributed by atoms with Crippen LogP contribution >= 0.6 is 11.8 Å². The highest BCUT2D eigenvalue weighted by atomic mass is 32.2. The molecule has 1 atom stereocenters. The van der Waals surface area contributed by atoms with E-state index in [4.69, 9.17) is 0 Å². The molecule has 0 saturated heterocycles. The summed E-state index contributed by atoms with van der Waals surface area (Å²) in [5, 5.41) is 0. The Balaban J connectivity index is 2.95. The number of thioether (sulfide) groups is 1. The Morgan fingerprint density at radius 3 is 2.80 bits per heavy atom. The topological polar surface area (TPSA) is 0 Å². The first-order chi connectivity index (χ1) is 4.81. The highest BCUT2D eigenvalue weighted by Gasteiger charge is 1.94. The maximum absolute atomic E-state index is 3.75. The summed E-state index contributed by atoms with van der Waals surface area (Å²) in [4.78, 5) is 0. The second kappa shape index (κ2) is 7.20. The van der Waals surface area contributed by atoms with E-state index in [1.54, 1.807) is 0 Å². The first-order valence-corrected chi connectivity index (χ1v) is 5.17. The normalized spacial score (nSPS) is 13.0. The minimum atomic E-state index is 0.706. The van der Waals surface area contributed by atoms with Gasteiger partial charge in [0.05, 0.1) is 0 Å². The van der Waals surface area contributed by atoms with E-state index in [0.29, 0.717) is 5.92 Å². The quantitative estimate of drug-likeness (QED) is 0.422. The molecule has 0 spiro atoms. The van der Waals surface area contributed by atoms with Crippen LogP contribution in [-0.4, -0.2) is 11.5 Å². The number of rotatable bonds is 6. The molecule has 0 aliphatic carbocycles. The van der Waals surface area contributed by atoms with Gasteiger partial charge in [0, 0.05) is 0 Å². The summed E-state index contributed by atoms with van der Waals surface area (Å²) in [5.41, 5.74) is 0. The molecule has 0 bridgehead atoms. The van der Waals surface area contributed by atoms with Gasteiger partial charge in [0.25, 0.3) is 0 Å². The smallest absolute Gasteiger partial charge is 0.00674 e. The lowest BCUT2D eigenvalue weighted by Crippen LogP contribution is -1.90. The molecular weight excluding hydrogens is 140 g/mol. The first-order valence-electron chi connectivity index (χ1n) is 4.01. The van der Waals surface area contributed by atoms with Crippen molar-refractivity contribution in [3.8, 4) is 0 Å². The fourth-order valence-corrected chi connectivity index (χ4v) is 1.43. The third-order valence-corrected chi connectivity index (χ3v) is 2.54. The number of allylic oxidation sites excluding steroid dienone is 1. The van der Waals surface area contributed by atoms with E-state index in [1.165, 1.54) is 24.3 Å². The van der Waals surface area contributed by atoms with Gasteiger partial charge in [0.2, 0.25) is 0 Å². The van der Waals surface area contributed by atoms with E-state index in [1.807, 2.05) is 17.8 Å². The predicted octanol–water partition coefficient (Wildman–Crippen LogP) is 3.34. The van der Waals surface area contributed by atoms with Gasteiger partial charge in [-0.25, -0.2) is 0 Å². The van der Waals surface area contributed by atoms with Gasteiger partial charge < -0.3 is 0 Å². The first kappa shape index (κ1) is 10.1. The summed E-state index contributed by atoms with van der Waals surface area (Å²) in [6.07, 6.45) is 4.68. The lowest BCUT2D eigenvalue weighted by molar-refractivity contribution is 0.639. The third-order valence-electron chi connectivity index (χ3n) is 1.55. The van der Waals surface area contributed by atoms with E-state index in [0.717, 1.165) is 0 Å². The molecule has 0 rings (SSSR count). The van der Waals surface area contributed by atoms with Crippen molar-refractivity contribution in [2.45, 2.75) is 26.7 Å². The van der Waals surface area contributed by atoms with Crippen molar-refractivity contribution >= 4 is 11.8 Å². The summed E-state index contributed by atoms with van der Waals surface area (Å²) in [6, 6.07) is 0. The Hall–Kier alpha value is 0.0900. The molecule has 0 aromatic carbocycles. The SMILES string of the molecule is C=CC(C)CCCSCC. The summed E-state index contributed by atoms with van der Waals surface area (Å²) in [7, 11) is 0. The molecule has 0 heterocycles. The van der Waals surface area contributed by atoms with Gasteiger partial charge in [-0.2, -0.15) is 11.8 Å². The molecule has 0 aromatic heterocycles. The molecule has 0 fully saturated rings. The molecule has 1 unspecified atom stereocenters. The van der Waals surface area contributed by atoms with Crippen LogP contribution in [0.15, 0.2) is 12.7 Å². The van der Waals surface area contributed by atoms with Crippen molar-refractivity contribution in [2.75, 3.05) is 11.5 Å². The van der Waals surface area contributed by atoms with Gasteiger partial charge in [-0.1, -0.05) is 19.9 Å². The molecule has 1 heteroatoms. The molecule has 0 saturated carbocycles. The van der Waals surface area contributed by atoms with Gasteiger partial charge >= 0.3 is 0 Å². The fourth-order valence-electron chi connectivity index (χ4n) is 0.770. The van der Waals surface area contributed by atoms with Crippen molar-refractivity contribution in [3.05, 3.63) is 12.7 Å². The Morgan fingerprint density at radius 1 is 1.60 bits per heavy atom. The average Bonchev–Trinajstić information content (AvgIpc) is 1.98. The Bertz CT molecular complexity index is 78.8. The van der Waals surface area contributed by atoms with E-state index in [-0.39, 0.29) is 0 Å². The summed E-state index contributed by atoms with van der Waals surface area (Å²) >= 11 is 2.03. The van der Waals surface area contributed by atoms with Gasteiger partial charge in [-0.15, -0.1) is 6.58 Å². The average molecular weight is 158 g/mol. The highest BCUT2D eigenvalue weighted by molar-refractivity contribution is 7.99. The van der Waals surface area contributed by atoms with Crippen LogP contribution in [0.3, 0.4) is 0 Å². The van der Waals surface area contributed by atoms with Crippen molar-refractivity contribution in [3.63, 3.8) is 0 Å². The minimum Gasteiger partial charge on any atom is -0.162 e. The van der Waals surface area contributed by atoms with Crippen LogP contribution in [0, 0.1) is 5.92 Å². The van der Waals surface area contributed by atoms with Crippen LogP contribution in [0.2, 0.25) is 0 Å². The van der Waals surface area contributed by atoms with Crippen LogP contribution in [0.5, 0.6) is 0 Å². The third kappa shape index (κ3) is 6.21. The molecule has 0 amide bonds. The fraction of sp³-hybridized carbons (Fsp3) is 0.778. The molecule has 10 heavy (non-hydrogen) atoms. The summed E-state index contributed by atoms with van der Waals surface area (Å²) in [5.74, 6) is 3.27. The standard InChI is InChI=1S/C9H18S/c1-4-9(3)7-6-8-10-5-2/h4,9H,1,5-8H2,2-3H3. The van der Waals surface area contributed by atoms with Gasteiger partial charge in [0.15, 0.2) is 0 Å². The maximum atomic E-state index is 3.75. The monoisotopic (exact) mass is 158 g/mol. The Labute approximate surface area is 69.1 Å². The van der Waals surface area contributed by atoms with Crippen molar-refractivity contribution < 1.29 is 0 Å². The molecule has 0 aromatic rings. The largest absolute Gasteiger partial charge is 0.162 e. The van der Waals surface area contributed by atoms with E-state index >= 15 is 0 Å². The molecular formula is C9H18S. The van der Waals surface area contributed by atoms with Crippen molar-refractivity contribution in [1.82, 2.24) is 0 Å². The maximum Gasteiger partial charge on any atom is -0.00674 e. The molecule has 0 radical (unpaired) electrons. The van der Waals surface area contributed by atoms with Crippen LogP contribution < -0.4 is 0 Å². The summed E-state index contributed by atoms with van der Waals surface area (Å²) in [6.45, 7) is 8.19. The molecule has 0 nitrogen and oxygen atoms in total. The second-order valence-electron chi connectivity index (χ2n) is 2.55. The highest BCUT2D eigenvalue weighted by Crippen LogP contribution is 2.10. The molecule has 0 aliphatic rings. The van der Waals surface area contributed by atoms with Crippen molar-refractivity contribution in [1.29, 1.82) is 0 Å². The molecule has 60 valence electrons. The zero-order chi connectivity index (χ0) is 7.82. The van der Waals surface area contributed by atoms with E-state index in [9.17, 15) is 0 Å². The van der Waals surface area contributed by atoms with E-state index < -0.39 is 0 Å². The zero-order valence-electron chi connectivity index (χ0n) is 7.10. The minimum absolute atomic E-state index is 0.706. The van der Waals surface area contributed by atoms with Gasteiger partial charge in [-0.05, 0) is 30.3 Å². The molecule has 0 N–H and O–H groups in total. The van der Waals surface area contributed by atoms with Gasteiger partial charge in [-0.3, -0.25) is 0 Å². The van der Waals surface area contributed by atoms with Crippen LogP contribution in [0.4, 0.5) is 0 Å². The Kier molecular flexibility index (Phi) is 7.26. The zero-order valence-corrected chi connectivity index (χ0v) is 7.91. The second-order valence-corrected chi connectivity index (χ2v) is 3.95. The lowest BCUT2D eigenvalue weighted by Gasteiger charge is -2.03.